The molecule has 0 spiro atoms. The van der Waals surface area contributed by atoms with E-state index in [1.165, 1.54) is 12.1 Å². The van der Waals surface area contributed by atoms with E-state index < -0.39 is 15.6 Å². The number of sulfone groups is 1. The molecule has 124 valence electrons. The van der Waals surface area contributed by atoms with Gasteiger partial charge in [-0.05, 0) is 55.9 Å². The van der Waals surface area contributed by atoms with Crippen molar-refractivity contribution >= 4 is 15.5 Å². The molecule has 0 radical (unpaired) electrons. The molecule has 0 bridgehead atoms. The number of halogens is 2. The predicted molar refractivity (Wildman–Crippen MR) is 80.9 cm³/mol. The van der Waals surface area contributed by atoms with Crippen molar-refractivity contribution < 1.29 is 22.3 Å². The maximum atomic E-state index is 12.5. The van der Waals surface area contributed by atoms with Crippen molar-refractivity contribution in [3.8, 4) is 0 Å². The summed E-state index contributed by atoms with van der Waals surface area (Å²) in [5, 5.41) is 9.15. The van der Waals surface area contributed by atoms with Crippen molar-refractivity contribution in [3.05, 3.63) is 24.3 Å². The zero-order valence-corrected chi connectivity index (χ0v) is 13.3. The van der Waals surface area contributed by atoms with Crippen LogP contribution in [0.5, 0.6) is 0 Å². The van der Waals surface area contributed by atoms with E-state index in [1.807, 2.05) is 11.9 Å². The van der Waals surface area contributed by atoms with Gasteiger partial charge in [-0.1, -0.05) is 0 Å². The zero-order chi connectivity index (χ0) is 16.3. The van der Waals surface area contributed by atoms with Crippen LogP contribution in [0.25, 0.3) is 0 Å². The summed E-state index contributed by atoms with van der Waals surface area (Å²) in [5.74, 6) is -3.03. The molecular formula is C15H21F2NO3S. The lowest BCUT2D eigenvalue weighted by Crippen LogP contribution is -2.35. The van der Waals surface area contributed by atoms with Gasteiger partial charge >= 0.3 is 5.76 Å². The minimum absolute atomic E-state index is 0.219. The van der Waals surface area contributed by atoms with Crippen molar-refractivity contribution in [2.24, 2.45) is 5.92 Å². The van der Waals surface area contributed by atoms with Crippen LogP contribution in [-0.4, -0.2) is 39.0 Å². The highest BCUT2D eigenvalue weighted by Gasteiger charge is 2.27. The first kappa shape index (κ1) is 17.1. The molecule has 0 aliphatic heterocycles. The van der Waals surface area contributed by atoms with Crippen LogP contribution in [-0.2, 0) is 9.84 Å². The number of aliphatic hydroxyl groups excluding tert-OH is 1. The highest BCUT2D eigenvalue weighted by Crippen LogP contribution is 2.30. The third-order valence-corrected chi connectivity index (χ3v) is 5.83. The smallest absolute Gasteiger partial charge is 0.341 e. The van der Waals surface area contributed by atoms with Crippen molar-refractivity contribution in [1.82, 2.24) is 0 Å². The summed E-state index contributed by atoms with van der Waals surface area (Å²) in [6.07, 6.45) is 3.84. The molecule has 22 heavy (non-hydrogen) atoms. The average molecular weight is 333 g/mol. The molecule has 1 aliphatic carbocycles. The molecule has 0 atom stereocenters. The molecule has 0 unspecified atom stereocenters. The van der Waals surface area contributed by atoms with Gasteiger partial charge in [-0.15, -0.1) is 0 Å². The third kappa shape index (κ3) is 3.57. The van der Waals surface area contributed by atoms with Gasteiger partial charge in [0.05, 0.1) is 4.90 Å². The first-order valence-electron chi connectivity index (χ1n) is 7.32. The molecule has 2 rings (SSSR count). The minimum atomic E-state index is -4.53. The third-order valence-electron chi connectivity index (χ3n) is 4.43. The Morgan fingerprint density at radius 1 is 1.18 bits per heavy atom. The first-order valence-corrected chi connectivity index (χ1v) is 8.86. The Labute approximate surface area is 129 Å². The van der Waals surface area contributed by atoms with Crippen LogP contribution in [0.4, 0.5) is 14.5 Å². The average Bonchev–Trinajstić information content (AvgIpc) is 2.54. The first-order chi connectivity index (χ1) is 10.4. The van der Waals surface area contributed by atoms with Crippen molar-refractivity contribution in [2.45, 2.75) is 42.4 Å². The van der Waals surface area contributed by atoms with Gasteiger partial charge < -0.3 is 10.0 Å². The second kappa shape index (κ2) is 6.91. The number of nitrogens with zero attached hydrogens (tertiary/aromatic N) is 1. The monoisotopic (exact) mass is 333 g/mol. The van der Waals surface area contributed by atoms with Crippen LogP contribution in [0.2, 0.25) is 0 Å². The van der Waals surface area contributed by atoms with Crippen molar-refractivity contribution in [3.63, 3.8) is 0 Å². The molecule has 1 saturated carbocycles. The fourth-order valence-corrected chi connectivity index (χ4v) is 3.62. The Hall–Kier alpha value is -1.21. The highest BCUT2D eigenvalue weighted by atomic mass is 32.2. The molecule has 1 N–H and O–H groups in total. The maximum absolute atomic E-state index is 12.5. The Morgan fingerprint density at radius 2 is 1.73 bits per heavy atom. The molecule has 7 heteroatoms. The Bertz CT molecular complexity index is 581. The second-order valence-corrected chi connectivity index (χ2v) is 7.69. The second-order valence-electron chi connectivity index (χ2n) is 5.77. The lowest BCUT2D eigenvalue weighted by atomic mass is 9.86. The molecule has 1 fully saturated rings. The topological polar surface area (TPSA) is 57.6 Å². The summed E-state index contributed by atoms with van der Waals surface area (Å²) in [5.41, 5.74) is 0.806. The molecule has 0 saturated heterocycles. The quantitative estimate of drug-likeness (QED) is 0.900. The molecule has 1 aliphatic rings. The number of anilines is 1. The van der Waals surface area contributed by atoms with E-state index in [0.717, 1.165) is 31.4 Å². The van der Waals surface area contributed by atoms with Gasteiger partial charge in [-0.3, -0.25) is 0 Å². The van der Waals surface area contributed by atoms with E-state index in [1.54, 1.807) is 12.1 Å². The lowest BCUT2D eigenvalue weighted by Gasteiger charge is -2.35. The van der Waals surface area contributed by atoms with Crippen LogP contribution in [0.15, 0.2) is 29.2 Å². The summed E-state index contributed by atoms with van der Waals surface area (Å²) in [7, 11) is -2.62. The van der Waals surface area contributed by atoms with Gasteiger partial charge in [0.25, 0.3) is 0 Å². The lowest BCUT2D eigenvalue weighted by molar-refractivity contribution is 0.182. The number of benzene rings is 1. The zero-order valence-electron chi connectivity index (χ0n) is 12.5. The Kier molecular flexibility index (Phi) is 5.39. The van der Waals surface area contributed by atoms with Crippen LogP contribution >= 0.6 is 0 Å². The van der Waals surface area contributed by atoms with Crippen LogP contribution in [0, 0.1) is 5.92 Å². The molecule has 0 aromatic heterocycles. The number of rotatable bonds is 5. The Morgan fingerprint density at radius 3 is 2.18 bits per heavy atom. The van der Waals surface area contributed by atoms with E-state index in [-0.39, 0.29) is 11.5 Å². The molecular weight excluding hydrogens is 312 g/mol. The van der Waals surface area contributed by atoms with Gasteiger partial charge in [0.1, 0.15) is 0 Å². The molecule has 0 heterocycles. The van der Waals surface area contributed by atoms with Crippen LogP contribution < -0.4 is 4.90 Å². The van der Waals surface area contributed by atoms with Gasteiger partial charge in [-0.2, -0.15) is 8.78 Å². The normalized spacial score (nSPS) is 22.8. The van der Waals surface area contributed by atoms with E-state index in [2.05, 4.69) is 0 Å². The number of hydrogen-bond donors (Lipinski definition) is 1. The molecule has 4 nitrogen and oxygen atoms in total. The van der Waals surface area contributed by atoms with E-state index in [0.29, 0.717) is 12.0 Å². The Balaban J connectivity index is 2.07. The fraction of sp³-hybridized carbons (Fsp3) is 0.600. The summed E-state index contributed by atoms with van der Waals surface area (Å²) < 4.78 is 47.8. The van der Waals surface area contributed by atoms with Crippen LogP contribution in [0.1, 0.15) is 25.7 Å². The number of hydrogen-bond acceptors (Lipinski definition) is 4. The van der Waals surface area contributed by atoms with Gasteiger partial charge in [0, 0.05) is 25.4 Å². The maximum Gasteiger partial charge on any atom is 0.341 e. The standard InChI is InChI=1S/C15H21F2NO3S/c1-18(12-4-2-11(10-19)3-5-12)13-6-8-14(9-7-13)22(20,21)15(16)17/h6-9,11-12,15,19H,2-5,10H2,1H3. The van der Waals surface area contributed by atoms with Crippen LogP contribution in [0.3, 0.4) is 0 Å². The van der Waals surface area contributed by atoms with Gasteiger partial charge in [-0.25, -0.2) is 8.42 Å². The molecule has 1 aromatic rings. The molecule has 0 amide bonds. The van der Waals surface area contributed by atoms with Gasteiger partial charge in [0.2, 0.25) is 9.84 Å². The summed E-state index contributed by atoms with van der Waals surface area (Å²) >= 11 is 0. The summed E-state index contributed by atoms with van der Waals surface area (Å²) in [6, 6.07) is 5.90. The summed E-state index contributed by atoms with van der Waals surface area (Å²) in [4.78, 5) is 1.69. The minimum Gasteiger partial charge on any atom is -0.396 e. The van der Waals surface area contributed by atoms with Crippen molar-refractivity contribution in [2.75, 3.05) is 18.6 Å². The van der Waals surface area contributed by atoms with Gasteiger partial charge in [0.15, 0.2) is 0 Å². The van der Waals surface area contributed by atoms with E-state index in [4.69, 9.17) is 5.11 Å². The predicted octanol–water partition coefficient (Wildman–Crippen LogP) is 2.67. The van der Waals surface area contributed by atoms with E-state index in [9.17, 15) is 17.2 Å². The number of aliphatic hydroxyl groups is 1. The summed E-state index contributed by atoms with van der Waals surface area (Å²) in [6.45, 7) is 0.219. The van der Waals surface area contributed by atoms with E-state index >= 15 is 0 Å². The molecule has 1 aromatic carbocycles. The largest absolute Gasteiger partial charge is 0.396 e. The number of alkyl halides is 2. The SMILES string of the molecule is CN(c1ccc(S(=O)(=O)C(F)F)cc1)C1CCC(CO)CC1. The van der Waals surface area contributed by atoms with Crippen molar-refractivity contribution in [1.29, 1.82) is 0 Å². The highest BCUT2D eigenvalue weighted by molar-refractivity contribution is 7.91. The fourth-order valence-electron chi connectivity index (χ4n) is 2.90.